The van der Waals surface area contributed by atoms with Gasteiger partial charge in [0.25, 0.3) is 0 Å². The van der Waals surface area contributed by atoms with Crippen molar-refractivity contribution in [2.24, 2.45) is 0 Å². The van der Waals surface area contributed by atoms with Crippen LogP contribution >= 0.6 is 0 Å². The lowest BCUT2D eigenvalue weighted by atomic mass is 10.0. The predicted molar refractivity (Wildman–Crippen MR) is 99.7 cm³/mol. The number of aromatic nitrogens is 2. The van der Waals surface area contributed by atoms with Gasteiger partial charge in [-0.1, -0.05) is 18.2 Å². The third-order valence-electron chi connectivity index (χ3n) is 4.11. The smallest absolute Gasteiger partial charge is 0.407 e. The summed E-state index contributed by atoms with van der Waals surface area (Å²) >= 11 is 0. The van der Waals surface area contributed by atoms with Gasteiger partial charge < -0.3 is 21.1 Å². The number of hydrogen-bond acceptors (Lipinski definition) is 4. The number of nitrogens with zero attached hydrogens (tertiary/aromatic N) is 2. The Kier molecular flexibility index (Phi) is 4.74. The molecule has 0 aliphatic heterocycles. The van der Waals surface area contributed by atoms with E-state index in [4.69, 9.17) is 10.8 Å². The summed E-state index contributed by atoms with van der Waals surface area (Å²) in [5.41, 5.74) is 9.93. The fraction of sp³-hybridized carbons (Fsp3) is 0.222. The normalized spacial score (nSPS) is 10.8. The number of fused-ring (bicyclic) bond motifs is 1. The fourth-order valence-corrected chi connectivity index (χ4v) is 2.67. The van der Waals surface area contributed by atoms with Gasteiger partial charge in [-0.15, -0.1) is 0 Å². The molecule has 0 saturated heterocycles. The van der Waals surface area contributed by atoms with E-state index >= 15 is 0 Å². The highest BCUT2D eigenvalue weighted by Gasteiger charge is 2.06. The molecule has 7 heteroatoms. The number of nitrogens with two attached hydrogens (primary N) is 1. The van der Waals surface area contributed by atoms with Crippen LogP contribution in [0.5, 0.6) is 0 Å². The zero-order chi connectivity index (χ0) is 17.8. The van der Waals surface area contributed by atoms with Crippen molar-refractivity contribution in [2.75, 3.05) is 31.2 Å². The summed E-state index contributed by atoms with van der Waals surface area (Å²) in [7, 11) is 1.57. The highest BCUT2D eigenvalue weighted by atomic mass is 16.4. The zero-order valence-corrected chi connectivity index (χ0v) is 14.0. The van der Waals surface area contributed by atoms with Crippen LogP contribution < -0.4 is 11.1 Å². The maximum absolute atomic E-state index is 10.8. The first-order chi connectivity index (χ1) is 12.0. The van der Waals surface area contributed by atoms with E-state index in [0.717, 1.165) is 34.1 Å². The van der Waals surface area contributed by atoms with Gasteiger partial charge in [0, 0.05) is 31.2 Å². The maximum Gasteiger partial charge on any atom is 0.407 e. The summed E-state index contributed by atoms with van der Waals surface area (Å²) < 4.78 is 0. The molecule has 25 heavy (non-hydrogen) atoms. The van der Waals surface area contributed by atoms with Crippen molar-refractivity contribution in [2.45, 2.75) is 6.42 Å². The molecular weight excluding hydrogens is 318 g/mol. The summed E-state index contributed by atoms with van der Waals surface area (Å²) in [5.74, 6) is 0.494. The lowest BCUT2D eigenvalue weighted by Crippen LogP contribution is -2.26. The molecule has 1 amide bonds. The average molecular weight is 339 g/mol. The van der Waals surface area contributed by atoms with E-state index in [9.17, 15) is 4.79 Å². The number of carbonyl (C=O) groups is 1. The summed E-state index contributed by atoms with van der Waals surface area (Å²) in [5, 5.41) is 20.0. The van der Waals surface area contributed by atoms with E-state index in [1.54, 1.807) is 7.05 Å². The third kappa shape index (κ3) is 3.82. The zero-order valence-electron chi connectivity index (χ0n) is 14.0. The molecule has 0 aliphatic carbocycles. The van der Waals surface area contributed by atoms with Gasteiger partial charge in [0.1, 0.15) is 0 Å². The highest BCUT2D eigenvalue weighted by Crippen LogP contribution is 2.27. The van der Waals surface area contributed by atoms with Crippen LogP contribution in [0, 0.1) is 0 Å². The molecule has 0 radical (unpaired) electrons. The maximum atomic E-state index is 10.8. The number of anilines is 2. The lowest BCUT2D eigenvalue weighted by molar-refractivity contribution is 0.156. The molecule has 0 unspecified atom stereocenters. The highest BCUT2D eigenvalue weighted by molar-refractivity contribution is 5.92. The number of nitrogens with one attached hydrogen (secondary N) is 2. The Morgan fingerprint density at radius 3 is 2.88 bits per heavy atom. The summed E-state index contributed by atoms with van der Waals surface area (Å²) in [4.78, 5) is 12.0. The van der Waals surface area contributed by atoms with Gasteiger partial charge in [-0.2, -0.15) is 5.10 Å². The molecular formula is C18H21N5O2. The van der Waals surface area contributed by atoms with E-state index < -0.39 is 6.09 Å². The van der Waals surface area contributed by atoms with E-state index in [-0.39, 0.29) is 0 Å². The van der Waals surface area contributed by atoms with E-state index in [1.165, 1.54) is 4.90 Å². The fourth-order valence-electron chi connectivity index (χ4n) is 2.67. The van der Waals surface area contributed by atoms with E-state index in [0.29, 0.717) is 18.9 Å². The van der Waals surface area contributed by atoms with E-state index in [2.05, 4.69) is 21.6 Å². The number of H-pyrrole nitrogens is 1. The summed E-state index contributed by atoms with van der Waals surface area (Å²) in [6.07, 6.45) is -0.166. The molecule has 1 aromatic heterocycles. The Morgan fingerprint density at radius 2 is 2.08 bits per heavy atom. The monoisotopic (exact) mass is 339 g/mol. The SMILES string of the molecule is CN(CCCNc1cccc(-c2ccc3[nH]nc(N)c3c2)c1)C(=O)O. The Balaban J connectivity index is 1.68. The standard InChI is InChI=1S/C18H21N5O2/c1-23(18(24)25)9-3-8-20-14-5-2-4-12(10-14)13-6-7-16-15(11-13)17(19)22-21-16/h2,4-7,10-11,20H,3,8-9H2,1H3,(H,24,25)(H3,19,21,22). The molecule has 0 saturated carbocycles. The van der Waals surface area contributed by atoms with Gasteiger partial charge in [0.05, 0.1) is 5.52 Å². The molecule has 0 bridgehead atoms. The molecule has 2 aromatic carbocycles. The number of benzene rings is 2. The van der Waals surface area contributed by atoms with Crippen molar-refractivity contribution in [1.82, 2.24) is 15.1 Å². The number of aromatic amines is 1. The molecule has 1 heterocycles. The molecule has 0 fully saturated rings. The Morgan fingerprint density at radius 1 is 1.28 bits per heavy atom. The predicted octanol–water partition coefficient (Wildman–Crippen LogP) is 3.22. The average Bonchev–Trinajstić information content (AvgIpc) is 2.99. The van der Waals surface area contributed by atoms with Crippen LogP contribution in [0.4, 0.5) is 16.3 Å². The minimum absolute atomic E-state index is 0.494. The Hall–Kier alpha value is -3.22. The quantitative estimate of drug-likeness (QED) is 0.516. The Labute approximate surface area is 145 Å². The van der Waals surface area contributed by atoms with Crippen molar-refractivity contribution < 1.29 is 9.90 Å². The molecule has 7 nitrogen and oxygen atoms in total. The first kappa shape index (κ1) is 16.6. The first-order valence-corrected chi connectivity index (χ1v) is 8.06. The second-order valence-electron chi connectivity index (χ2n) is 5.93. The van der Waals surface area contributed by atoms with Crippen LogP contribution in [0.1, 0.15) is 6.42 Å². The van der Waals surface area contributed by atoms with Crippen LogP contribution in [0.25, 0.3) is 22.0 Å². The van der Waals surface area contributed by atoms with Gasteiger partial charge in [-0.05, 0) is 41.8 Å². The van der Waals surface area contributed by atoms with Crippen molar-refractivity contribution in [3.8, 4) is 11.1 Å². The number of rotatable bonds is 6. The molecule has 3 rings (SSSR count). The van der Waals surface area contributed by atoms with Crippen LogP contribution in [-0.2, 0) is 0 Å². The third-order valence-corrected chi connectivity index (χ3v) is 4.11. The van der Waals surface area contributed by atoms with Crippen molar-refractivity contribution >= 4 is 28.5 Å². The van der Waals surface area contributed by atoms with Crippen molar-refractivity contribution in [3.05, 3.63) is 42.5 Å². The second kappa shape index (κ2) is 7.12. The van der Waals surface area contributed by atoms with Gasteiger partial charge in [-0.25, -0.2) is 4.79 Å². The number of hydrogen-bond donors (Lipinski definition) is 4. The van der Waals surface area contributed by atoms with Crippen LogP contribution in [0.15, 0.2) is 42.5 Å². The molecule has 3 aromatic rings. The lowest BCUT2D eigenvalue weighted by Gasteiger charge is -2.13. The Bertz CT molecular complexity index is 890. The van der Waals surface area contributed by atoms with Crippen LogP contribution in [0.2, 0.25) is 0 Å². The number of carboxylic acid groups (broad SMARTS) is 1. The molecule has 5 N–H and O–H groups in total. The van der Waals surface area contributed by atoms with Gasteiger partial charge >= 0.3 is 6.09 Å². The first-order valence-electron chi connectivity index (χ1n) is 8.06. The minimum Gasteiger partial charge on any atom is -0.465 e. The van der Waals surface area contributed by atoms with Crippen LogP contribution in [-0.4, -0.2) is 46.4 Å². The minimum atomic E-state index is -0.907. The summed E-state index contributed by atoms with van der Waals surface area (Å²) in [6, 6.07) is 14.1. The van der Waals surface area contributed by atoms with Crippen molar-refractivity contribution in [3.63, 3.8) is 0 Å². The number of amides is 1. The summed E-state index contributed by atoms with van der Waals surface area (Å²) in [6.45, 7) is 1.20. The second-order valence-corrected chi connectivity index (χ2v) is 5.93. The number of nitrogen functional groups attached to an aromatic ring is 1. The van der Waals surface area contributed by atoms with Gasteiger partial charge in [0.2, 0.25) is 0 Å². The van der Waals surface area contributed by atoms with Gasteiger partial charge in [0.15, 0.2) is 5.82 Å². The largest absolute Gasteiger partial charge is 0.465 e. The molecule has 0 atom stereocenters. The topological polar surface area (TPSA) is 107 Å². The molecule has 0 spiro atoms. The van der Waals surface area contributed by atoms with E-state index in [1.807, 2.05) is 36.4 Å². The van der Waals surface area contributed by atoms with Crippen LogP contribution in [0.3, 0.4) is 0 Å². The van der Waals surface area contributed by atoms with Gasteiger partial charge in [-0.3, -0.25) is 5.10 Å². The molecule has 130 valence electrons. The van der Waals surface area contributed by atoms with Crippen molar-refractivity contribution in [1.29, 1.82) is 0 Å². The molecule has 0 aliphatic rings.